The van der Waals surface area contributed by atoms with E-state index in [4.69, 9.17) is 4.42 Å². The minimum atomic E-state index is 0.0193. The van der Waals surface area contributed by atoms with E-state index in [9.17, 15) is 4.79 Å². The zero-order chi connectivity index (χ0) is 18.5. The highest BCUT2D eigenvalue weighted by Crippen LogP contribution is 2.27. The summed E-state index contributed by atoms with van der Waals surface area (Å²) in [6, 6.07) is 4.50. The number of hydrogen-bond donors (Lipinski definition) is 2. The molecule has 0 spiro atoms. The van der Waals surface area contributed by atoms with Gasteiger partial charge in [-0.3, -0.25) is 4.90 Å². The van der Waals surface area contributed by atoms with Crippen molar-refractivity contribution < 1.29 is 9.21 Å². The lowest BCUT2D eigenvalue weighted by atomic mass is 9.96. The van der Waals surface area contributed by atoms with Crippen molar-refractivity contribution in [2.45, 2.75) is 63.6 Å². The molecule has 7 heteroatoms. The van der Waals surface area contributed by atoms with E-state index < -0.39 is 0 Å². The van der Waals surface area contributed by atoms with Gasteiger partial charge in [-0.05, 0) is 37.8 Å². The molecule has 146 valence electrons. The fourth-order valence-electron chi connectivity index (χ4n) is 4.01. The molecule has 1 saturated heterocycles. The third kappa shape index (κ3) is 5.11. The maximum Gasteiger partial charge on any atom is 0.315 e. The minimum Gasteiger partial charge on any atom is -0.462 e. The van der Waals surface area contributed by atoms with Gasteiger partial charge in [0.2, 0.25) is 0 Å². The van der Waals surface area contributed by atoms with E-state index in [-0.39, 0.29) is 12.1 Å². The average molecular weight is 389 g/mol. The summed E-state index contributed by atoms with van der Waals surface area (Å²) in [7, 11) is 0. The van der Waals surface area contributed by atoms with Crippen LogP contribution in [0.15, 0.2) is 29.0 Å². The predicted molar refractivity (Wildman–Crippen MR) is 107 cm³/mol. The molecule has 6 nitrogen and oxygen atoms in total. The first kappa shape index (κ1) is 18.5. The van der Waals surface area contributed by atoms with Gasteiger partial charge in [0.1, 0.15) is 0 Å². The minimum absolute atomic E-state index is 0.0193. The number of rotatable bonds is 5. The molecule has 1 saturated carbocycles. The molecule has 1 aliphatic heterocycles. The lowest BCUT2D eigenvalue weighted by Gasteiger charge is -2.32. The van der Waals surface area contributed by atoms with E-state index in [0.717, 1.165) is 56.1 Å². The number of urea groups is 1. The molecule has 27 heavy (non-hydrogen) atoms. The smallest absolute Gasteiger partial charge is 0.315 e. The SMILES string of the molecule is O=C(NC1CCCCC1)NC1CCN(Cc2cnc(-c3ccco3)s2)CC1. The molecule has 2 N–H and O–H groups in total. The summed E-state index contributed by atoms with van der Waals surface area (Å²) >= 11 is 1.69. The summed E-state index contributed by atoms with van der Waals surface area (Å²) < 4.78 is 5.42. The molecule has 2 aliphatic rings. The van der Waals surface area contributed by atoms with Gasteiger partial charge >= 0.3 is 6.03 Å². The number of aromatic nitrogens is 1. The van der Waals surface area contributed by atoms with E-state index in [1.165, 1.54) is 24.1 Å². The van der Waals surface area contributed by atoms with Crippen molar-refractivity contribution in [3.05, 3.63) is 29.5 Å². The van der Waals surface area contributed by atoms with Crippen molar-refractivity contribution in [3.8, 4) is 10.8 Å². The number of furan rings is 1. The van der Waals surface area contributed by atoms with Gasteiger partial charge in [-0.2, -0.15) is 0 Å². The average Bonchev–Trinajstić information content (AvgIpc) is 3.36. The van der Waals surface area contributed by atoms with Gasteiger partial charge in [-0.1, -0.05) is 19.3 Å². The Labute approximate surface area is 164 Å². The van der Waals surface area contributed by atoms with Crippen LogP contribution in [-0.2, 0) is 6.54 Å². The lowest BCUT2D eigenvalue weighted by molar-refractivity contribution is 0.185. The predicted octanol–water partition coefficient (Wildman–Crippen LogP) is 4.00. The summed E-state index contributed by atoms with van der Waals surface area (Å²) in [5.74, 6) is 0.832. The second-order valence-electron chi connectivity index (χ2n) is 7.61. The van der Waals surface area contributed by atoms with Crippen LogP contribution in [0.5, 0.6) is 0 Å². The fourth-order valence-corrected chi connectivity index (χ4v) is 4.93. The third-order valence-electron chi connectivity index (χ3n) is 5.53. The number of hydrogen-bond acceptors (Lipinski definition) is 5. The highest BCUT2D eigenvalue weighted by atomic mass is 32.1. The normalized spacial score (nSPS) is 19.9. The second-order valence-corrected chi connectivity index (χ2v) is 8.73. The number of piperidine rings is 1. The molecule has 1 aliphatic carbocycles. The number of carbonyl (C=O) groups is 1. The Morgan fingerprint density at radius 1 is 1.15 bits per heavy atom. The lowest BCUT2D eigenvalue weighted by Crippen LogP contribution is -2.50. The highest BCUT2D eigenvalue weighted by molar-refractivity contribution is 7.14. The standard InChI is InChI=1S/C20H28N4O2S/c25-20(22-15-5-2-1-3-6-15)23-16-8-10-24(11-9-16)14-17-13-21-19(27-17)18-7-4-12-26-18/h4,7,12-13,15-16H,1-3,5-6,8-11,14H2,(H2,22,23,25). The van der Waals surface area contributed by atoms with Crippen LogP contribution in [0.2, 0.25) is 0 Å². The van der Waals surface area contributed by atoms with Gasteiger partial charge < -0.3 is 15.1 Å². The molecule has 3 heterocycles. The number of nitrogens with zero attached hydrogens (tertiary/aromatic N) is 2. The van der Waals surface area contributed by atoms with Crippen molar-refractivity contribution >= 4 is 17.4 Å². The zero-order valence-electron chi connectivity index (χ0n) is 15.7. The Balaban J connectivity index is 1.19. The van der Waals surface area contributed by atoms with Crippen molar-refractivity contribution in [2.24, 2.45) is 0 Å². The first-order chi connectivity index (χ1) is 13.3. The highest BCUT2D eigenvalue weighted by Gasteiger charge is 2.23. The number of nitrogens with one attached hydrogen (secondary N) is 2. The Hall–Kier alpha value is -1.86. The molecule has 0 radical (unpaired) electrons. The van der Waals surface area contributed by atoms with Gasteiger partial charge in [0.25, 0.3) is 0 Å². The molecule has 0 bridgehead atoms. The van der Waals surface area contributed by atoms with Crippen LogP contribution in [0.1, 0.15) is 49.8 Å². The molecule has 0 aromatic carbocycles. The Morgan fingerprint density at radius 2 is 1.89 bits per heavy atom. The van der Waals surface area contributed by atoms with E-state index >= 15 is 0 Å². The zero-order valence-corrected chi connectivity index (χ0v) is 16.5. The molecule has 2 fully saturated rings. The van der Waals surface area contributed by atoms with Gasteiger partial charge in [-0.25, -0.2) is 9.78 Å². The van der Waals surface area contributed by atoms with Crippen LogP contribution in [0, 0.1) is 0 Å². The maximum absolute atomic E-state index is 12.2. The summed E-state index contributed by atoms with van der Waals surface area (Å²) in [6.45, 7) is 2.92. The van der Waals surface area contributed by atoms with Crippen LogP contribution in [0.4, 0.5) is 4.79 Å². The van der Waals surface area contributed by atoms with Crippen molar-refractivity contribution in [1.29, 1.82) is 0 Å². The van der Waals surface area contributed by atoms with Gasteiger partial charge in [0.15, 0.2) is 10.8 Å². The summed E-state index contributed by atoms with van der Waals surface area (Å²) in [5, 5.41) is 7.26. The summed E-state index contributed by atoms with van der Waals surface area (Å²) in [5.41, 5.74) is 0. The molecule has 2 amide bonds. The summed E-state index contributed by atoms with van der Waals surface area (Å²) in [6.07, 6.45) is 11.7. The van der Waals surface area contributed by atoms with Crippen LogP contribution in [-0.4, -0.2) is 41.1 Å². The van der Waals surface area contributed by atoms with Crippen molar-refractivity contribution in [2.75, 3.05) is 13.1 Å². The number of carbonyl (C=O) groups excluding carboxylic acids is 1. The number of amides is 2. The van der Waals surface area contributed by atoms with E-state index in [0.29, 0.717) is 6.04 Å². The fraction of sp³-hybridized carbons (Fsp3) is 0.600. The van der Waals surface area contributed by atoms with Crippen LogP contribution >= 0.6 is 11.3 Å². The topological polar surface area (TPSA) is 70.4 Å². The molecule has 2 aromatic rings. The van der Waals surface area contributed by atoms with Gasteiger partial charge in [-0.15, -0.1) is 11.3 Å². The molecule has 0 atom stereocenters. The molecule has 2 aromatic heterocycles. The van der Waals surface area contributed by atoms with Gasteiger partial charge in [0.05, 0.1) is 6.26 Å². The Kier molecular flexibility index (Phi) is 6.09. The van der Waals surface area contributed by atoms with E-state index in [2.05, 4.69) is 20.5 Å². The van der Waals surface area contributed by atoms with Crippen molar-refractivity contribution in [3.63, 3.8) is 0 Å². The Morgan fingerprint density at radius 3 is 2.59 bits per heavy atom. The van der Waals surface area contributed by atoms with Crippen LogP contribution < -0.4 is 10.6 Å². The largest absolute Gasteiger partial charge is 0.462 e. The molecular formula is C20H28N4O2S. The molecular weight excluding hydrogens is 360 g/mol. The summed E-state index contributed by atoms with van der Waals surface area (Å²) in [4.78, 5) is 20.4. The monoisotopic (exact) mass is 388 g/mol. The van der Waals surface area contributed by atoms with E-state index in [1.807, 2.05) is 18.3 Å². The quantitative estimate of drug-likeness (QED) is 0.812. The van der Waals surface area contributed by atoms with Crippen LogP contribution in [0.3, 0.4) is 0 Å². The van der Waals surface area contributed by atoms with Crippen molar-refractivity contribution in [1.82, 2.24) is 20.5 Å². The van der Waals surface area contributed by atoms with Gasteiger partial charge in [0, 0.05) is 42.8 Å². The maximum atomic E-state index is 12.2. The second kappa shape index (κ2) is 8.89. The van der Waals surface area contributed by atoms with Crippen LogP contribution in [0.25, 0.3) is 10.8 Å². The number of likely N-dealkylation sites (tertiary alicyclic amines) is 1. The molecule has 0 unspecified atom stereocenters. The molecule has 4 rings (SSSR count). The Bertz CT molecular complexity index is 716. The third-order valence-corrected chi connectivity index (χ3v) is 6.52. The first-order valence-corrected chi connectivity index (χ1v) is 10.9. The van der Waals surface area contributed by atoms with E-state index in [1.54, 1.807) is 17.6 Å². The first-order valence-electron chi connectivity index (χ1n) is 10.0. The number of thiazole rings is 1.